The van der Waals surface area contributed by atoms with Crippen LogP contribution in [0.4, 0.5) is 5.69 Å². The van der Waals surface area contributed by atoms with Gasteiger partial charge in [-0.25, -0.2) is 8.42 Å². The Morgan fingerprint density at radius 3 is 2.35 bits per heavy atom. The fourth-order valence-corrected chi connectivity index (χ4v) is 4.49. The molecule has 0 saturated heterocycles. The number of thiophene rings is 1. The number of hydrogen-bond donors (Lipinski definition) is 1. The lowest BCUT2D eigenvalue weighted by molar-refractivity contribution is 0.399. The quantitative estimate of drug-likeness (QED) is 0.944. The zero-order chi connectivity index (χ0) is 14.9. The minimum atomic E-state index is -3.50. The molecular weight excluding hydrogens is 292 g/mol. The summed E-state index contributed by atoms with van der Waals surface area (Å²) in [5.74, 6) is 0. The van der Waals surface area contributed by atoms with Crippen LogP contribution in [0.5, 0.6) is 0 Å². The van der Waals surface area contributed by atoms with Crippen molar-refractivity contribution >= 4 is 27.0 Å². The molecule has 0 saturated carbocycles. The average Bonchev–Trinajstić information content (AvgIpc) is 2.85. The van der Waals surface area contributed by atoms with Crippen LogP contribution in [0.2, 0.25) is 0 Å². The van der Waals surface area contributed by atoms with Gasteiger partial charge in [0.1, 0.15) is 4.21 Å². The Kier molecular flexibility index (Phi) is 4.17. The molecule has 0 amide bonds. The van der Waals surface area contributed by atoms with Gasteiger partial charge in [0.25, 0.3) is 10.0 Å². The van der Waals surface area contributed by atoms with Crippen LogP contribution < -0.4 is 5.73 Å². The zero-order valence-electron chi connectivity index (χ0n) is 11.7. The maximum Gasteiger partial charge on any atom is 0.252 e. The van der Waals surface area contributed by atoms with E-state index in [2.05, 4.69) is 0 Å². The van der Waals surface area contributed by atoms with Crippen molar-refractivity contribution in [2.24, 2.45) is 0 Å². The molecule has 108 valence electrons. The second-order valence-corrected chi connectivity index (χ2v) is 7.94. The third-order valence-electron chi connectivity index (χ3n) is 3.33. The molecule has 1 aromatic carbocycles. The Labute approximate surface area is 123 Å². The summed E-state index contributed by atoms with van der Waals surface area (Å²) in [5.41, 5.74) is 8.20. The second-order valence-electron chi connectivity index (χ2n) is 4.81. The van der Waals surface area contributed by atoms with Crippen LogP contribution in [0, 0.1) is 6.92 Å². The van der Waals surface area contributed by atoms with Gasteiger partial charge in [-0.15, -0.1) is 11.3 Å². The summed E-state index contributed by atoms with van der Waals surface area (Å²) in [5, 5.41) is 1.64. The third kappa shape index (κ3) is 2.87. The first-order chi connectivity index (χ1) is 9.32. The molecule has 0 fully saturated rings. The van der Waals surface area contributed by atoms with Gasteiger partial charge in [-0.2, -0.15) is 4.31 Å². The number of benzene rings is 1. The van der Waals surface area contributed by atoms with Crippen LogP contribution in [-0.2, 0) is 10.0 Å². The highest BCUT2D eigenvalue weighted by molar-refractivity contribution is 7.91. The molecule has 2 N–H and O–H groups in total. The van der Waals surface area contributed by atoms with Crippen molar-refractivity contribution in [3.05, 3.63) is 46.8 Å². The molecule has 0 bridgehead atoms. The van der Waals surface area contributed by atoms with E-state index in [-0.39, 0.29) is 10.3 Å². The topological polar surface area (TPSA) is 63.4 Å². The maximum absolute atomic E-state index is 12.5. The van der Waals surface area contributed by atoms with Crippen molar-refractivity contribution in [3.63, 3.8) is 0 Å². The van der Waals surface area contributed by atoms with E-state index in [4.69, 9.17) is 5.73 Å². The van der Waals surface area contributed by atoms with Gasteiger partial charge in [0.15, 0.2) is 0 Å². The van der Waals surface area contributed by atoms with Crippen LogP contribution in [0.15, 0.2) is 39.9 Å². The van der Waals surface area contributed by atoms with E-state index in [9.17, 15) is 8.42 Å². The van der Waals surface area contributed by atoms with Gasteiger partial charge < -0.3 is 5.73 Å². The summed E-state index contributed by atoms with van der Waals surface area (Å²) in [6, 6.07) is 9.14. The van der Waals surface area contributed by atoms with Crippen LogP contribution in [-0.4, -0.2) is 19.8 Å². The number of aryl methyl sites for hydroxylation is 1. The molecule has 1 atom stereocenters. The fraction of sp³-hybridized carbons (Fsp3) is 0.286. The van der Waals surface area contributed by atoms with Gasteiger partial charge in [-0.1, -0.05) is 29.8 Å². The van der Waals surface area contributed by atoms with Crippen molar-refractivity contribution < 1.29 is 8.42 Å². The molecule has 0 spiro atoms. The lowest BCUT2D eigenvalue weighted by Crippen LogP contribution is -2.29. The molecule has 0 aliphatic heterocycles. The Hall–Kier alpha value is -1.37. The standard InChI is InChI=1S/C14H18N2O2S2/c1-10-4-6-12(7-5-10)11(2)16(3)20(17,18)14-8-13(15)9-19-14/h4-9,11H,15H2,1-3H3. The van der Waals surface area contributed by atoms with E-state index in [1.165, 1.54) is 10.4 Å². The van der Waals surface area contributed by atoms with Crippen LogP contribution in [0.3, 0.4) is 0 Å². The highest BCUT2D eigenvalue weighted by Crippen LogP contribution is 2.29. The highest BCUT2D eigenvalue weighted by Gasteiger charge is 2.27. The number of rotatable bonds is 4. The highest BCUT2D eigenvalue weighted by atomic mass is 32.2. The Balaban J connectivity index is 2.30. The smallest absolute Gasteiger partial charge is 0.252 e. The van der Waals surface area contributed by atoms with Gasteiger partial charge in [-0.3, -0.25) is 0 Å². The summed E-state index contributed by atoms with van der Waals surface area (Å²) in [6.07, 6.45) is 0. The average molecular weight is 310 g/mol. The summed E-state index contributed by atoms with van der Waals surface area (Å²) in [6.45, 7) is 3.88. The van der Waals surface area contributed by atoms with Crippen molar-refractivity contribution in [1.29, 1.82) is 0 Å². The minimum Gasteiger partial charge on any atom is -0.398 e. The normalized spacial score (nSPS) is 13.6. The summed E-state index contributed by atoms with van der Waals surface area (Å²) < 4.78 is 26.7. The maximum atomic E-state index is 12.5. The van der Waals surface area contributed by atoms with Crippen molar-refractivity contribution in [3.8, 4) is 0 Å². The molecule has 0 aliphatic carbocycles. The van der Waals surface area contributed by atoms with Crippen molar-refractivity contribution in [2.75, 3.05) is 12.8 Å². The fourth-order valence-electron chi connectivity index (χ4n) is 1.87. The molecule has 20 heavy (non-hydrogen) atoms. The van der Waals surface area contributed by atoms with Gasteiger partial charge in [-0.05, 0) is 25.5 Å². The molecule has 4 nitrogen and oxygen atoms in total. The Morgan fingerprint density at radius 2 is 1.85 bits per heavy atom. The molecule has 2 rings (SSSR count). The lowest BCUT2D eigenvalue weighted by atomic mass is 10.1. The number of nitrogen functional groups attached to an aromatic ring is 1. The number of hydrogen-bond acceptors (Lipinski definition) is 4. The molecule has 6 heteroatoms. The van der Waals surface area contributed by atoms with Crippen LogP contribution in [0.1, 0.15) is 24.1 Å². The first-order valence-electron chi connectivity index (χ1n) is 6.21. The predicted octanol–water partition coefficient (Wildman–Crippen LogP) is 3.02. The van der Waals surface area contributed by atoms with Gasteiger partial charge in [0, 0.05) is 24.2 Å². The molecule has 1 heterocycles. The second kappa shape index (κ2) is 5.55. The van der Waals surface area contributed by atoms with E-state index in [1.54, 1.807) is 12.4 Å². The molecule has 2 aromatic rings. The number of nitrogens with two attached hydrogens (primary N) is 1. The summed E-state index contributed by atoms with van der Waals surface area (Å²) >= 11 is 1.15. The van der Waals surface area contributed by atoms with Gasteiger partial charge in [0.2, 0.25) is 0 Å². The Morgan fingerprint density at radius 1 is 1.25 bits per heavy atom. The first kappa shape index (κ1) is 15.0. The van der Waals surface area contributed by atoms with Gasteiger partial charge >= 0.3 is 0 Å². The molecule has 1 aromatic heterocycles. The number of sulfonamides is 1. The first-order valence-corrected chi connectivity index (χ1v) is 8.53. The third-order valence-corrected chi connectivity index (χ3v) is 6.70. The van der Waals surface area contributed by atoms with Crippen LogP contribution in [0.25, 0.3) is 0 Å². The SMILES string of the molecule is Cc1ccc(C(C)N(C)S(=O)(=O)c2cc(N)cs2)cc1. The zero-order valence-corrected chi connectivity index (χ0v) is 13.3. The van der Waals surface area contributed by atoms with Crippen LogP contribution >= 0.6 is 11.3 Å². The van der Waals surface area contributed by atoms with E-state index in [0.717, 1.165) is 22.5 Å². The predicted molar refractivity (Wildman–Crippen MR) is 83.3 cm³/mol. The summed E-state index contributed by atoms with van der Waals surface area (Å²) in [4.78, 5) is 0. The molecule has 1 unspecified atom stereocenters. The van der Waals surface area contributed by atoms with E-state index in [0.29, 0.717) is 5.69 Å². The number of anilines is 1. The molecule has 0 radical (unpaired) electrons. The monoisotopic (exact) mass is 310 g/mol. The summed E-state index contributed by atoms with van der Waals surface area (Å²) in [7, 11) is -1.91. The van der Waals surface area contributed by atoms with Crippen molar-refractivity contribution in [2.45, 2.75) is 24.1 Å². The molecule has 0 aliphatic rings. The minimum absolute atomic E-state index is 0.232. The van der Waals surface area contributed by atoms with Gasteiger partial charge in [0.05, 0.1) is 0 Å². The van der Waals surface area contributed by atoms with E-state index >= 15 is 0 Å². The van der Waals surface area contributed by atoms with E-state index < -0.39 is 10.0 Å². The molecular formula is C14H18N2O2S2. The van der Waals surface area contributed by atoms with E-state index in [1.807, 2.05) is 38.1 Å². The lowest BCUT2D eigenvalue weighted by Gasteiger charge is -2.24. The van der Waals surface area contributed by atoms with Crippen molar-refractivity contribution in [1.82, 2.24) is 4.31 Å². The Bertz CT molecular complexity index is 690. The number of nitrogens with zero attached hydrogens (tertiary/aromatic N) is 1. The largest absolute Gasteiger partial charge is 0.398 e.